The monoisotopic (exact) mass is 466 g/mol. The van der Waals surface area contributed by atoms with Crippen molar-refractivity contribution >= 4 is 47.4 Å². The smallest absolute Gasteiger partial charge is 0.222 e. The number of rotatable bonds is 8. The summed E-state index contributed by atoms with van der Waals surface area (Å²) in [6.45, 7) is 7.90. The molecule has 0 radical (unpaired) electrons. The minimum Gasteiger partial charge on any atom is -0.357 e. The maximum atomic E-state index is 11.6. The van der Waals surface area contributed by atoms with Crippen LogP contribution in [0.2, 0.25) is 5.02 Å². The van der Waals surface area contributed by atoms with Gasteiger partial charge in [0.25, 0.3) is 0 Å². The first-order valence-corrected chi connectivity index (χ1v) is 8.45. The maximum Gasteiger partial charge on any atom is 0.222 e. The number of nitrogens with zero attached hydrogens (tertiary/aromatic N) is 1. The SMILES string of the molecule is CCNC(=NCCC(=O)NC(C)C)NCCc1cccc(Cl)c1.I. The summed E-state index contributed by atoms with van der Waals surface area (Å²) < 4.78 is 0. The van der Waals surface area contributed by atoms with E-state index >= 15 is 0 Å². The Morgan fingerprint density at radius 1 is 1.29 bits per heavy atom. The van der Waals surface area contributed by atoms with E-state index in [1.807, 2.05) is 45.0 Å². The van der Waals surface area contributed by atoms with Crippen LogP contribution in [0.1, 0.15) is 32.8 Å². The molecule has 0 spiro atoms. The van der Waals surface area contributed by atoms with Gasteiger partial charge in [-0.05, 0) is 44.9 Å². The second-order valence-electron chi connectivity index (χ2n) is 5.54. The average Bonchev–Trinajstić information content (AvgIpc) is 2.46. The molecule has 0 aliphatic heterocycles. The maximum absolute atomic E-state index is 11.6. The van der Waals surface area contributed by atoms with Crippen LogP contribution in [-0.2, 0) is 11.2 Å². The predicted molar refractivity (Wildman–Crippen MR) is 112 cm³/mol. The number of carbonyl (C=O) groups is 1. The Morgan fingerprint density at radius 3 is 2.67 bits per heavy atom. The van der Waals surface area contributed by atoms with Gasteiger partial charge in [-0.25, -0.2) is 0 Å². The van der Waals surface area contributed by atoms with E-state index in [-0.39, 0.29) is 35.9 Å². The van der Waals surface area contributed by atoms with Crippen LogP contribution in [-0.4, -0.2) is 37.5 Å². The van der Waals surface area contributed by atoms with Gasteiger partial charge in [-0.3, -0.25) is 9.79 Å². The van der Waals surface area contributed by atoms with Gasteiger partial charge in [0.05, 0.1) is 6.54 Å². The van der Waals surface area contributed by atoms with Crippen LogP contribution in [0.25, 0.3) is 0 Å². The highest BCUT2D eigenvalue weighted by atomic mass is 127. The topological polar surface area (TPSA) is 65.5 Å². The molecule has 7 heteroatoms. The highest BCUT2D eigenvalue weighted by Gasteiger charge is 2.03. The zero-order valence-electron chi connectivity index (χ0n) is 14.6. The zero-order valence-corrected chi connectivity index (χ0v) is 17.7. The van der Waals surface area contributed by atoms with Crippen LogP contribution in [0.5, 0.6) is 0 Å². The molecule has 0 atom stereocenters. The van der Waals surface area contributed by atoms with Crippen molar-refractivity contribution < 1.29 is 4.79 Å². The van der Waals surface area contributed by atoms with E-state index < -0.39 is 0 Å². The molecule has 5 nitrogen and oxygen atoms in total. The van der Waals surface area contributed by atoms with Crippen LogP contribution < -0.4 is 16.0 Å². The minimum absolute atomic E-state index is 0. The first-order chi connectivity index (χ1) is 11.0. The Bertz CT molecular complexity index is 523. The third-order valence-corrected chi connectivity index (χ3v) is 3.23. The van der Waals surface area contributed by atoms with Gasteiger partial charge in [-0.1, -0.05) is 23.7 Å². The molecule has 0 saturated carbocycles. The number of benzene rings is 1. The Labute approximate surface area is 167 Å². The van der Waals surface area contributed by atoms with E-state index in [0.29, 0.717) is 13.0 Å². The fourth-order valence-electron chi connectivity index (χ4n) is 2.02. The molecule has 24 heavy (non-hydrogen) atoms. The number of nitrogens with one attached hydrogen (secondary N) is 3. The van der Waals surface area contributed by atoms with Crippen molar-refractivity contribution in [1.82, 2.24) is 16.0 Å². The lowest BCUT2D eigenvalue weighted by Gasteiger charge is -2.12. The quantitative estimate of drug-likeness (QED) is 0.313. The summed E-state index contributed by atoms with van der Waals surface area (Å²) in [6, 6.07) is 7.99. The summed E-state index contributed by atoms with van der Waals surface area (Å²) in [5, 5.41) is 10.0. The van der Waals surface area contributed by atoms with E-state index in [4.69, 9.17) is 11.6 Å². The number of aliphatic imine (C=N–C) groups is 1. The van der Waals surface area contributed by atoms with Gasteiger partial charge in [-0.2, -0.15) is 0 Å². The Balaban J connectivity index is 0.00000529. The van der Waals surface area contributed by atoms with Crippen molar-refractivity contribution in [3.63, 3.8) is 0 Å². The Morgan fingerprint density at radius 2 is 2.04 bits per heavy atom. The van der Waals surface area contributed by atoms with Gasteiger partial charge in [0.15, 0.2) is 5.96 Å². The first-order valence-electron chi connectivity index (χ1n) is 8.07. The van der Waals surface area contributed by atoms with Gasteiger partial charge >= 0.3 is 0 Å². The fourth-order valence-corrected chi connectivity index (χ4v) is 2.24. The summed E-state index contributed by atoms with van der Waals surface area (Å²) in [5.74, 6) is 0.755. The number of guanidine groups is 1. The molecule has 1 aromatic carbocycles. The molecule has 0 saturated heterocycles. The van der Waals surface area contributed by atoms with Crippen molar-refractivity contribution in [2.45, 2.75) is 39.7 Å². The molecule has 3 N–H and O–H groups in total. The van der Waals surface area contributed by atoms with Gasteiger partial charge in [0, 0.05) is 30.6 Å². The van der Waals surface area contributed by atoms with E-state index in [9.17, 15) is 4.79 Å². The standard InChI is InChI=1S/C17H27ClN4O.HI/c1-4-19-17(21-11-9-16(23)22-13(2)3)20-10-8-14-6-5-7-15(18)12-14;/h5-7,12-13H,4,8-11H2,1-3H3,(H,22,23)(H2,19,20,21);1H. The number of carbonyl (C=O) groups excluding carboxylic acids is 1. The number of hydrogen-bond donors (Lipinski definition) is 3. The zero-order chi connectivity index (χ0) is 17.1. The van der Waals surface area contributed by atoms with Crippen molar-refractivity contribution in [1.29, 1.82) is 0 Å². The normalized spacial score (nSPS) is 11.0. The third-order valence-electron chi connectivity index (χ3n) is 3.00. The van der Waals surface area contributed by atoms with E-state index in [2.05, 4.69) is 20.9 Å². The lowest BCUT2D eigenvalue weighted by atomic mass is 10.1. The van der Waals surface area contributed by atoms with Gasteiger partial charge < -0.3 is 16.0 Å². The lowest BCUT2D eigenvalue weighted by Crippen LogP contribution is -2.38. The van der Waals surface area contributed by atoms with E-state index in [1.54, 1.807) is 0 Å². The van der Waals surface area contributed by atoms with E-state index in [0.717, 1.165) is 30.5 Å². The molecule has 0 heterocycles. The molecule has 0 bridgehead atoms. The molecule has 0 unspecified atom stereocenters. The third kappa shape index (κ3) is 10.7. The highest BCUT2D eigenvalue weighted by molar-refractivity contribution is 14.0. The minimum atomic E-state index is 0. The summed E-state index contributed by atoms with van der Waals surface area (Å²) in [6.07, 6.45) is 1.25. The first kappa shape index (κ1) is 23.0. The summed E-state index contributed by atoms with van der Waals surface area (Å²) >= 11 is 5.98. The second-order valence-corrected chi connectivity index (χ2v) is 5.98. The largest absolute Gasteiger partial charge is 0.357 e. The van der Waals surface area contributed by atoms with Crippen molar-refractivity contribution in [3.8, 4) is 0 Å². The Kier molecular flexibility index (Phi) is 12.7. The molecule has 1 rings (SSSR count). The number of halogens is 2. The molecule has 136 valence electrons. The van der Waals surface area contributed by atoms with Crippen LogP contribution in [0, 0.1) is 0 Å². The molecular weight excluding hydrogens is 439 g/mol. The molecule has 1 amide bonds. The molecule has 0 aromatic heterocycles. The van der Waals surface area contributed by atoms with Crippen molar-refractivity contribution in [2.24, 2.45) is 4.99 Å². The summed E-state index contributed by atoms with van der Waals surface area (Å²) in [7, 11) is 0. The summed E-state index contributed by atoms with van der Waals surface area (Å²) in [5.41, 5.74) is 1.18. The predicted octanol–water partition coefficient (Wildman–Crippen LogP) is 2.97. The summed E-state index contributed by atoms with van der Waals surface area (Å²) in [4.78, 5) is 16.0. The van der Waals surface area contributed by atoms with Crippen LogP contribution in [0.4, 0.5) is 0 Å². The number of hydrogen-bond acceptors (Lipinski definition) is 2. The van der Waals surface area contributed by atoms with Crippen molar-refractivity contribution in [2.75, 3.05) is 19.6 Å². The molecular formula is C17H28ClIN4O. The second kappa shape index (κ2) is 13.3. The van der Waals surface area contributed by atoms with E-state index in [1.165, 1.54) is 5.56 Å². The van der Waals surface area contributed by atoms with Gasteiger partial charge in [-0.15, -0.1) is 24.0 Å². The van der Waals surface area contributed by atoms with Gasteiger partial charge in [0.1, 0.15) is 0 Å². The van der Waals surface area contributed by atoms with Crippen molar-refractivity contribution in [3.05, 3.63) is 34.9 Å². The Hall–Kier alpha value is -1.02. The molecule has 0 fully saturated rings. The average molecular weight is 467 g/mol. The molecule has 0 aliphatic rings. The van der Waals surface area contributed by atoms with Crippen LogP contribution in [0.15, 0.2) is 29.3 Å². The fraction of sp³-hybridized carbons (Fsp3) is 0.529. The molecule has 0 aliphatic carbocycles. The molecule has 1 aromatic rings. The highest BCUT2D eigenvalue weighted by Crippen LogP contribution is 2.10. The van der Waals surface area contributed by atoms with Crippen LogP contribution >= 0.6 is 35.6 Å². The number of amides is 1. The van der Waals surface area contributed by atoms with Crippen LogP contribution in [0.3, 0.4) is 0 Å². The lowest BCUT2D eigenvalue weighted by molar-refractivity contribution is -0.121. The van der Waals surface area contributed by atoms with Gasteiger partial charge in [0.2, 0.25) is 5.91 Å².